The van der Waals surface area contributed by atoms with Crippen LogP contribution in [0.25, 0.3) is 11.1 Å². The van der Waals surface area contributed by atoms with Crippen LogP contribution in [-0.2, 0) is 22.7 Å². The Morgan fingerprint density at radius 3 is 1.45 bits per heavy atom. The molecule has 0 saturated carbocycles. The predicted molar refractivity (Wildman–Crippen MR) is 161 cm³/mol. The number of benzene rings is 2. The molecule has 0 bridgehead atoms. The number of hydrogen-bond donors (Lipinski definition) is 2. The van der Waals surface area contributed by atoms with E-state index in [1.54, 1.807) is 6.07 Å². The molecule has 2 aliphatic heterocycles. The summed E-state index contributed by atoms with van der Waals surface area (Å²) in [7, 11) is 0. The molecule has 0 unspecified atom stereocenters. The monoisotopic (exact) mass is 588 g/mol. The molecule has 2 heterocycles. The number of carboxylic acid groups (broad SMARTS) is 2. The molecule has 2 fully saturated rings. The van der Waals surface area contributed by atoms with Gasteiger partial charge in [-0.1, -0.05) is 29.3 Å². The van der Waals surface area contributed by atoms with Crippen LogP contribution < -0.4 is 0 Å². The van der Waals surface area contributed by atoms with Crippen molar-refractivity contribution in [3.05, 3.63) is 57.6 Å². The molecular weight excluding hydrogens is 547 g/mol. The van der Waals surface area contributed by atoms with Crippen LogP contribution in [0, 0.1) is 11.8 Å². The molecule has 2 aromatic rings. The van der Waals surface area contributed by atoms with Crippen molar-refractivity contribution in [2.24, 2.45) is 11.8 Å². The van der Waals surface area contributed by atoms with Gasteiger partial charge in [0, 0.05) is 36.0 Å². The van der Waals surface area contributed by atoms with E-state index in [2.05, 4.69) is 28.0 Å². The second-order valence-corrected chi connectivity index (χ2v) is 12.6. The van der Waals surface area contributed by atoms with Gasteiger partial charge < -0.3 is 10.2 Å². The summed E-state index contributed by atoms with van der Waals surface area (Å²) in [4.78, 5) is 26.7. The summed E-state index contributed by atoms with van der Waals surface area (Å²) < 4.78 is 0. The standard InChI is InChI=1S/C32H42Cl2N2O4/c33-29-18-28(19-30(34)20-29)27-16-25(21-35-11-7-23(8-12-35)3-1-5-31(37)38)15-26(17-27)22-36-13-9-24(10-14-36)4-2-6-32(39)40/h15-20,23-24H,1-14,21-22H2,(H,37,38)(H,39,40). The number of halogens is 2. The molecule has 2 aliphatic rings. The molecule has 6 nitrogen and oxygen atoms in total. The Hall–Kier alpha value is -2.12. The second-order valence-electron chi connectivity index (χ2n) is 11.7. The van der Waals surface area contributed by atoms with Crippen LogP contribution in [0.1, 0.15) is 75.3 Å². The van der Waals surface area contributed by atoms with Crippen molar-refractivity contribution in [3.63, 3.8) is 0 Å². The lowest BCUT2D eigenvalue weighted by atomic mass is 9.90. The summed E-state index contributed by atoms with van der Waals surface area (Å²) in [6, 6.07) is 12.6. The Bertz CT molecular complexity index is 1060. The smallest absolute Gasteiger partial charge is 0.303 e. The summed E-state index contributed by atoms with van der Waals surface area (Å²) in [5, 5.41) is 19.1. The molecule has 2 saturated heterocycles. The van der Waals surface area contributed by atoms with E-state index < -0.39 is 11.9 Å². The zero-order chi connectivity index (χ0) is 28.5. The van der Waals surface area contributed by atoms with Crippen molar-refractivity contribution in [2.75, 3.05) is 26.2 Å². The normalized spacial score (nSPS) is 17.8. The van der Waals surface area contributed by atoms with Crippen LogP contribution >= 0.6 is 23.2 Å². The molecule has 4 rings (SSSR count). The lowest BCUT2D eigenvalue weighted by molar-refractivity contribution is -0.138. The Morgan fingerprint density at radius 1 is 0.650 bits per heavy atom. The molecule has 0 aliphatic carbocycles. The van der Waals surface area contributed by atoms with E-state index in [4.69, 9.17) is 33.4 Å². The fourth-order valence-corrected chi connectivity index (χ4v) is 6.83. The number of rotatable bonds is 13. The van der Waals surface area contributed by atoms with Crippen molar-refractivity contribution in [3.8, 4) is 11.1 Å². The van der Waals surface area contributed by atoms with Gasteiger partial charge in [-0.3, -0.25) is 19.4 Å². The molecular formula is C32H42Cl2N2O4. The summed E-state index contributed by atoms with van der Waals surface area (Å²) in [5.74, 6) is -0.153. The molecule has 0 atom stereocenters. The van der Waals surface area contributed by atoms with Crippen LogP contribution in [-0.4, -0.2) is 58.1 Å². The number of likely N-dealkylation sites (tertiary alicyclic amines) is 2. The summed E-state index contributed by atoms with van der Waals surface area (Å²) >= 11 is 12.7. The summed E-state index contributed by atoms with van der Waals surface area (Å²) in [6.07, 6.45) is 8.58. The first kappa shape index (κ1) is 30.8. The highest BCUT2D eigenvalue weighted by Gasteiger charge is 2.22. The quantitative estimate of drug-likeness (QED) is 0.251. The average molecular weight is 590 g/mol. The minimum atomic E-state index is -0.700. The highest BCUT2D eigenvalue weighted by atomic mass is 35.5. The summed E-state index contributed by atoms with van der Waals surface area (Å²) in [5.41, 5.74) is 4.73. The first-order chi connectivity index (χ1) is 19.2. The number of nitrogens with zero attached hydrogens (tertiary/aromatic N) is 2. The van der Waals surface area contributed by atoms with Gasteiger partial charge in [0.2, 0.25) is 0 Å². The third kappa shape index (κ3) is 10.1. The maximum Gasteiger partial charge on any atom is 0.303 e. The van der Waals surface area contributed by atoms with Crippen LogP contribution in [0.3, 0.4) is 0 Å². The van der Waals surface area contributed by atoms with Crippen molar-refractivity contribution in [1.82, 2.24) is 9.80 Å². The van der Waals surface area contributed by atoms with Gasteiger partial charge in [-0.25, -0.2) is 0 Å². The van der Waals surface area contributed by atoms with Crippen LogP contribution in [0.2, 0.25) is 10.0 Å². The average Bonchev–Trinajstić information content (AvgIpc) is 2.90. The van der Waals surface area contributed by atoms with Gasteiger partial charge in [0.15, 0.2) is 0 Å². The van der Waals surface area contributed by atoms with Gasteiger partial charge in [-0.15, -0.1) is 0 Å². The van der Waals surface area contributed by atoms with E-state index in [9.17, 15) is 9.59 Å². The Kier molecular flexibility index (Phi) is 11.7. The third-order valence-electron chi connectivity index (χ3n) is 8.48. The molecule has 40 heavy (non-hydrogen) atoms. The molecule has 0 radical (unpaired) electrons. The van der Waals surface area contributed by atoms with Crippen molar-refractivity contribution >= 4 is 35.1 Å². The van der Waals surface area contributed by atoms with Gasteiger partial charge in [-0.05, 0) is 142 Å². The van der Waals surface area contributed by atoms with E-state index in [1.807, 2.05) is 12.1 Å². The molecule has 2 N–H and O–H groups in total. The topological polar surface area (TPSA) is 81.1 Å². The number of piperidine rings is 2. The zero-order valence-electron chi connectivity index (χ0n) is 23.3. The van der Waals surface area contributed by atoms with E-state index in [-0.39, 0.29) is 12.8 Å². The fourth-order valence-electron chi connectivity index (χ4n) is 6.30. The molecule has 218 valence electrons. The van der Waals surface area contributed by atoms with E-state index in [1.165, 1.54) is 11.1 Å². The molecule has 2 aromatic carbocycles. The number of aliphatic carboxylic acids is 2. The first-order valence-electron chi connectivity index (χ1n) is 14.7. The van der Waals surface area contributed by atoms with E-state index >= 15 is 0 Å². The maximum atomic E-state index is 10.8. The highest BCUT2D eigenvalue weighted by molar-refractivity contribution is 6.35. The zero-order valence-corrected chi connectivity index (χ0v) is 24.8. The Labute approximate surface area is 248 Å². The van der Waals surface area contributed by atoms with Gasteiger partial charge in [0.25, 0.3) is 0 Å². The predicted octanol–water partition coefficient (Wildman–Crippen LogP) is 7.59. The van der Waals surface area contributed by atoms with Gasteiger partial charge in [0.1, 0.15) is 0 Å². The minimum Gasteiger partial charge on any atom is -0.481 e. The summed E-state index contributed by atoms with van der Waals surface area (Å²) in [6.45, 7) is 5.93. The van der Waals surface area contributed by atoms with Gasteiger partial charge in [0.05, 0.1) is 0 Å². The molecule has 8 heteroatoms. The lowest BCUT2D eigenvalue weighted by Gasteiger charge is -2.33. The third-order valence-corrected chi connectivity index (χ3v) is 8.92. The first-order valence-corrected chi connectivity index (χ1v) is 15.5. The number of hydrogen-bond acceptors (Lipinski definition) is 4. The van der Waals surface area contributed by atoms with Gasteiger partial charge in [-0.2, -0.15) is 0 Å². The van der Waals surface area contributed by atoms with Crippen LogP contribution in [0.5, 0.6) is 0 Å². The molecule has 0 amide bonds. The van der Waals surface area contributed by atoms with Crippen molar-refractivity contribution in [2.45, 2.75) is 77.3 Å². The van der Waals surface area contributed by atoms with Crippen molar-refractivity contribution < 1.29 is 19.8 Å². The van der Waals surface area contributed by atoms with Crippen LogP contribution in [0.15, 0.2) is 36.4 Å². The number of carbonyl (C=O) groups is 2. The van der Waals surface area contributed by atoms with E-state index in [0.717, 1.165) is 102 Å². The Morgan fingerprint density at radius 2 is 1.05 bits per heavy atom. The molecule has 0 spiro atoms. The largest absolute Gasteiger partial charge is 0.481 e. The second kappa shape index (κ2) is 15.2. The van der Waals surface area contributed by atoms with Gasteiger partial charge >= 0.3 is 11.9 Å². The fraction of sp³-hybridized carbons (Fsp3) is 0.562. The van der Waals surface area contributed by atoms with Crippen LogP contribution in [0.4, 0.5) is 0 Å². The lowest BCUT2D eigenvalue weighted by Crippen LogP contribution is -2.34. The van der Waals surface area contributed by atoms with E-state index in [0.29, 0.717) is 21.9 Å². The Balaban J connectivity index is 1.40. The SMILES string of the molecule is O=C(O)CCCC1CCN(Cc2cc(CN3CCC(CCCC(=O)O)CC3)cc(-c3cc(Cl)cc(Cl)c3)c2)CC1. The number of carboxylic acids is 2. The highest BCUT2D eigenvalue weighted by Crippen LogP contribution is 2.31. The molecule has 0 aromatic heterocycles. The maximum absolute atomic E-state index is 10.8. The minimum absolute atomic E-state index is 0.270. The van der Waals surface area contributed by atoms with Crippen molar-refractivity contribution in [1.29, 1.82) is 0 Å².